The average molecular weight is 216 g/mol. The number of hydrogen-bond donors (Lipinski definition) is 1. The molecule has 1 heterocycles. The molecule has 0 spiro atoms. The summed E-state index contributed by atoms with van der Waals surface area (Å²) >= 11 is 5.50. The van der Waals surface area contributed by atoms with Gasteiger partial charge < -0.3 is 5.73 Å². The fourth-order valence-electron chi connectivity index (χ4n) is 0.581. The molecule has 0 saturated heterocycles. The summed E-state index contributed by atoms with van der Waals surface area (Å²) in [4.78, 5) is 3.85. The third-order valence-corrected chi connectivity index (χ3v) is 1.28. The molecular weight excluding hydrogens is 206 g/mol. The summed E-state index contributed by atoms with van der Waals surface area (Å²) in [6.07, 6.45) is 3.29. The quantitative estimate of drug-likeness (QED) is 0.730. The summed E-state index contributed by atoms with van der Waals surface area (Å²) in [5, 5.41) is 0. The van der Waals surface area contributed by atoms with Gasteiger partial charge in [0.2, 0.25) is 0 Å². The van der Waals surface area contributed by atoms with Crippen molar-refractivity contribution in [2.45, 2.75) is 5.88 Å². The van der Waals surface area contributed by atoms with Gasteiger partial charge in [-0.3, -0.25) is 4.98 Å². The summed E-state index contributed by atoms with van der Waals surface area (Å²) in [7, 11) is 0. The molecule has 0 atom stereocenters. The summed E-state index contributed by atoms with van der Waals surface area (Å²) in [5.74, 6) is 0.470. The van der Waals surface area contributed by atoms with Gasteiger partial charge in [0.05, 0.1) is 5.69 Å². The van der Waals surface area contributed by atoms with Crippen LogP contribution in [-0.2, 0) is 5.88 Å². The van der Waals surface area contributed by atoms with Crippen LogP contribution in [0.2, 0.25) is 0 Å². The summed E-state index contributed by atoms with van der Waals surface area (Å²) in [6, 6.07) is 1.81. The Hall–Kier alpha value is -0.180. The van der Waals surface area contributed by atoms with E-state index in [0.29, 0.717) is 11.6 Å². The molecule has 0 fully saturated rings. The van der Waals surface area contributed by atoms with Crippen LogP contribution in [0.5, 0.6) is 0 Å². The zero-order valence-electron chi connectivity index (χ0n) is 5.66. The van der Waals surface area contributed by atoms with Crippen LogP contribution in [0.1, 0.15) is 5.56 Å². The standard InChI is InChI=1S/C6H7ClN2.2ClH/c7-2-5-1-6(8)4-9-3-5;;/h1,3-4H,2,8H2;2*1H. The molecule has 2 N–H and O–H groups in total. The number of halogens is 3. The predicted molar refractivity (Wildman–Crippen MR) is 52.7 cm³/mol. The van der Waals surface area contributed by atoms with Crippen molar-refractivity contribution >= 4 is 42.1 Å². The average Bonchev–Trinajstić information content (AvgIpc) is 1.88. The number of hydrogen-bond acceptors (Lipinski definition) is 2. The summed E-state index contributed by atoms with van der Waals surface area (Å²) in [6.45, 7) is 0. The van der Waals surface area contributed by atoms with Gasteiger partial charge in [-0.1, -0.05) is 0 Å². The summed E-state index contributed by atoms with van der Waals surface area (Å²) in [5.41, 5.74) is 7.03. The topological polar surface area (TPSA) is 38.9 Å². The number of aromatic nitrogens is 1. The van der Waals surface area contributed by atoms with E-state index in [1.165, 1.54) is 0 Å². The van der Waals surface area contributed by atoms with Crippen LogP contribution in [-0.4, -0.2) is 4.98 Å². The highest BCUT2D eigenvalue weighted by atomic mass is 35.5. The highest BCUT2D eigenvalue weighted by molar-refractivity contribution is 6.17. The van der Waals surface area contributed by atoms with Crippen LogP contribution in [0.15, 0.2) is 18.5 Å². The maximum Gasteiger partial charge on any atom is 0.0503 e. The van der Waals surface area contributed by atoms with Gasteiger partial charge in [-0.25, -0.2) is 0 Å². The predicted octanol–water partition coefficient (Wildman–Crippen LogP) is 2.25. The Morgan fingerprint density at radius 3 is 2.36 bits per heavy atom. The number of rotatable bonds is 1. The molecular formula is C6H9Cl3N2. The van der Waals surface area contributed by atoms with E-state index in [4.69, 9.17) is 17.3 Å². The molecule has 1 rings (SSSR count). The van der Waals surface area contributed by atoms with E-state index in [1.54, 1.807) is 18.5 Å². The fraction of sp³-hybridized carbons (Fsp3) is 0.167. The van der Waals surface area contributed by atoms with Crippen molar-refractivity contribution in [3.63, 3.8) is 0 Å². The van der Waals surface area contributed by atoms with Crippen LogP contribution in [0.4, 0.5) is 5.69 Å². The Balaban J connectivity index is 0. The van der Waals surface area contributed by atoms with E-state index in [0.717, 1.165) is 5.56 Å². The zero-order valence-corrected chi connectivity index (χ0v) is 8.05. The highest BCUT2D eigenvalue weighted by Gasteiger charge is 1.88. The highest BCUT2D eigenvalue weighted by Crippen LogP contribution is 2.05. The summed E-state index contributed by atoms with van der Waals surface area (Å²) < 4.78 is 0. The van der Waals surface area contributed by atoms with Crippen molar-refractivity contribution in [3.05, 3.63) is 24.0 Å². The zero-order chi connectivity index (χ0) is 6.69. The van der Waals surface area contributed by atoms with Crippen molar-refractivity contribution in [1.29, 1.82) is 0 Å². The third-order valence-electron chi connectivity index (χ3n) is 0.970. The van der Waals surface area contributed by atoms with E-state index >= 15 is 0 Å². The minimum absolute atomic E-state index is 0. The van der Waals surface area contributed by atoms with Crippen LogP contribution in [0.25, 0.3) is 0 Å². The van der Waals surface area contributed by atoms with Gasteiger partial charge in [-0.05, 0) is 11.6 Å². The van der Waals surface area contributed by atoms with Crippen molar-refractivity contribution in [1.82, 2.24) is 4.98 Å². The molecule has 0 aromatic carbocycles. The molecule has 2 nitrogen and oxygen atoms in total. The monoisotopic (exact) mass is 214 g/mol. The molecule has 0 saturated carbocycles. The molecule has 0 aliphatic rings. The lowest BCUT2D eigenvalue weighted by molar-refractivity contribution is 1.25. The molecule has 64 valence electrons. The molecule has 0 aliphatic carbocycles. The van der Waals surface area contributed by atoms with Gasteiger partial charge in [0.15, 0.2) is 0 Å². The molecule has 0 bridgehead atoms. The first-order chi connectivity index (χ1) is 4.33. The lowest BCUT2D eigenvalue weighted by atomic mass is 10.3. The number of pyridine rings is 1. The Morgan fingerprint density at radius 2 is 2.00 bits per heavy atom. The van der Waals surface area contributed by atoms with Crippen LogP contribution in [0, 0.1) is 0 Å². The van der Waals surface area contributed by atoms with Gasteiger partial charge >= 0.3 is 0 Å². The van der Waals surface area contributed by atoms with Crippen LogP contribution < -0.4 is 5.73 Å². The Bertz CT molecular complexity index is 205. The van der Waals surface area contributed by atoms with Gasteiger partial charge in [0, 0.05) is 18.3 Å². The number of nitrogens with zero attached hydrogens (tertiary/aromatic N) is 1. The second kappa shape index (κ2) is 6.53. The fourth-order valence-corrected chi connectivity index (χ4v) is 0.727. The molecule has 11 heavy (non-hydrogen) atoms. The van der Waals surface area contributed by atoms with Crippen LogP contribution >= 0.6 is 36.4 Å². The Kier molecular flexibility index (Phi) is 7.96. The molecule has 1 aromatic heterocycles. The number of alkyl halides is 1. The lowest BCUT2D eigenvalue weighted by Gasteiger charge is -1.93. The molecule has 0 unspecified atom stereocenters. The van der Waals surface area contributed by atoms with Gasteiger partial charge in [0.25, 0.3) is 0 Å². The normalized spacial score (nSPS) is 7.73. The van der Waals surface area contributed by atoms with Gasteiger partial charge in [-0.2, -0.15) is 0 Å². The number of nitrogen functional groups attached to an aromatic ring is 1. The van der Waals surface area contributed by atoms with Crippen molar-refractivity contribution < 1.29 is 0 Å². The maximum atomic E-state index is 5.50. The van der Waals surface area contributed by atoms with E-state index in [-0.39, 0.29) is 24.8 Å². The van der Waals surface area contributed by atoms with Crippen molar-refractivity contribution in [3.8, 4) is 0 Å². The minimum atomic E-state index is 0. The first-order valence-corrected chi connectivity index (χ1v) is 3.12. The smallest absolute Gasteiger partial charge is 0.0503 e. The first-order valence-electron chi connectivity index (χ1n) is 2.58. The Labute approximate surface area is 83.0 Å². The van der Waals surface area contributed by atoms with Gasteiger partial charge in [0.1, 0.15) is 0 Å². The van der Waals surface area contributed by atoms with Crippen molar-refractivity contribution in [2.75, 3.05) is 5.73 Å². The van der Waals surface area contributed by atoms with Crippen molar-refractivity contribution in [2.24, 2.45) is 0 Å². The number of anilines is 1. The largest absolute Gasteiger partial charge is 0.397 e. The van der Waals surface area contributed by atoms with E-state index < -0.39 is 0 Å². The maximum absolute atomic E-state index is 5.50. The molecule has 0 radical (unpaired) electrons. The molecule has 0 amide bonds. The second-order valence-corrected chi connectivity index (χ2v) is 2.03. The van der Waals surface area contributed by atoms with E-state index in [2.05, 4.69) is 4.98 Å². The second-order valence-electron chi connectivity index (χ2n) is 1.76. The minimum Gasteiger partial charge on any atom is -0.397 e. The molecule has 0 aliphatic heterocycles. The van der Waals surface area contributed by atoms with Gasteiger partial charge in [-0.15, -0.1) is 36.4 Å². The molecule has 5 heteroatoms. The number of nitrogens with two attached hydrogens (primary N) is 1. The van der Waals surface area contributed by atoms with E-state index in [9.17, 15) is 0 Å². The third kappa shape index (κ3) is 4.30. The molecule has 1 aromatic rings. The SMILES string of the molecule is Cl.Cl.Nc1cncc(CCl)c1. The van der Waals surface area contributed by atoms with Crippen LogP contribution in [0.3, 0.4) is 0 Å². The van der Waals surface area contributed by atoms with E-state index in [1.807, 2.05) is 0 Å². The lowest BCUT2D eigenvalue weighted by Crippen LogP contribution is -1.87. The first kappa shape index (κ1) is 13.4. The Morgan fingerprint density at radius 1 is 1.36 bits per heavy atom.